The molecule has 0 radical (unpaired) electrons. The van der Waals surface area contributed by atoms with Crippen molar-refractivity contribution in [3.05, 3.63) is 32.7 Å². The zero-order valence-electron chi connectivity index (χ0n) is 7.78. The molecule has 0 bridgehead atoms. The van der Waals surface area contributed by atoms with Crippen molar-refractivity contribution in [2.24, 2.45) is 0 Å². The molecule has 13 heavy (non-hydrogen) atoms. The maximum atomic E-state index is 11.1. The minimum Gasteiger partial charge on any atom is -0.326 e. The number of aromatic nitrogens is 1. The molecular weight excluding hydrogens is 188 g/mol. The molecule has 0 atom stereocenters. The van der Waals surface area contributed by atoms with E-state index in [0.717, 1.165) is 24.2 Å². The zero-order chi connectivity index (χ0) is 9.84. The maximum absolute atomic E-state index is 11.1. The van der Waals surface area contributed by atoms with Crippen molar-refractivity contribution in [2.75, 3.05) is 13.6 Å². The van der Waals surface area contributed by atoms with E-state index in [2.05, 4.69) is 10.3 Å². The first kappa shape index (κ1) is 10.3. The van der Waals surface area contributed by atoms with Gasteiger partial charge in [0.05, 0.1) is 5.02 Å². The first-order valence-electron chi connectivity index (χ1n) is 4.18. The lowest BCUT2D eigenvalue weighted by Crippen LogP contribution is -2.16. The fraction of sp³-hybridized carbons (Fsp3) is 0.444. The summed E-state index contributed by atoms with van der Waals surface area (Å²) < 4.78 is 0. The van der Waals surface area contributed by atoms with Crippen molar-refractivity contribution in [3.8, 4) is 0 Å². The van der Waals surface area contributed by atoms with Gasteiger partial charge < -0.3 is 10.3 Å². The van der Waals surface area contributed by atoms with E-state index in [-0.39, 0.29) is 5.56 Å². The smallest absolute Gasteiger partial charge is 0.249 e. The average molecular weight is 201 g/mol. The lowest BCUT2D eigenvalue weighted by molar-refractivity contribution is 0.769. The molecule has 0 amide bonds. The largest absolute Gasteiger partial charge is 0.326 e. The fourth-order valence-electron chi connectivity index (χ4n) is 1.15. The molecule has 1 heterocycles. The summed E-state index contributed by atoms with van der Waals surface area (Å²) in [5.41, 5.74) is 1.73. The van der Waals surface area contributed by atoms with Gasteiger partial charge in [0.1, 0.15) is 0 Å². The van der Waals surface area contributed by atoms with Crippen molar-refractivity contribution < 1.29 is 0 Å². The van der Waals surface area contributed by atoms with Crippen LogP contribution in [0.1, 0.15) is 11.3 Å². The molecule has 72 valence electrons. The van der Waals surface area contributed by atoms with Gasteiger partial charge in [0, 0.05) is 24.7 Å². The van der Waals surface area contributed by atoms with Crippen molar-refractivity contribution >= 4 is 11.6 Å². The number of rotatable bonds is 3. The van der Waals surface area contributed by atoms with E-state index in [1.165, 1.54) is 6.07 Å². The number of H-pyrrole nitrogens is 1. The van der Waals surface area contributed by atoms with Crippen molar-refractivity contribution in [1.82, 2.24) is 10.3 Å². The highest BCUT2D eigenvalue weighted by atomic mass is 35.5. The standard InChI is InChI=1S/C9H13ClN2O/c1-6-7(10)5-9(13)12-8(6)3-4-11-2/h5,11H,3-4H2,1-2H3,(H,12,13). The highest BCUT2D eigenvalue weighted by molar-refractivity contribution is 6.31. The summed E-state index contributed by atoms with van der Waals surface area (Å²) in [7, 11) is 1.87. The van der Waals surface area contributed by atoms with E-state index in [1.807, 2.05) is 14.0 Å². The quantitative estimate of drug-likeness (QED) is 0.768. The molecule has 0 saturated heterocycles. The molecule has 0 aliphatic heterocycles. The third kappa shape index (κ3) is 2.57. The SMILES string of the molecule is CNCCc1[nH]c(=O)cc(Cl)c1C. The Morgan fingerprint density at radius 3 is 2.92 bits per heavy atom. The number of hydrogen-bond acceptors (Lipinski definition) is 2. The molecule has 1 aromatic heterocycles. The van der Waals surface area contributed by atoms with Gasteiger partial charge >= 0.3 is 0 Å². The minimum absolute atomic E-state index is 0.137. The van der Waals surface area contributed by atoms with Crippen molar-refractivity contribution in [1.29, 1.82) is 0 Å². The van der Waals surface area contributed by atoms with Gasteiger partial charge in [-0.3, -0.25) is 4.79 Å². The lowest BCUT2D eigenvalue weighted by Gasteiger charge is -2.05. The Hall–Kier alpha value is -0.800. The Bertz CT molecular complexity index is 346. The van der Waals surface area contributed by atoms with Gasteiger partial charge in [0.25, 0.3) is 0 Å². The highest BCUT2D eigenvalue weighted by Crippen LogP contribution is 2.14. The predicted octanol–water partition coefficient (Wildman–Crippen LogP) is 1.10. The average Bonchev–Trinajstić information content (AvgIpc) is 2.09. The summed E-state index contributed by atoms with van der Waals surface area (Å²) in [6, 6.07) is 1.40. The number of halogens is 1. The minimum atomic E-state index is -0.137. The number of pyridine rings is 1. The van der Waals surface area contributed by atoms with Crippen molar-refractivity contribution in [2.45, 2.75) is 13.3 Å². The number of aromatic amines is 1. The molecule has 1 aromatic rings. The molecule has 3 nitrogen and oxygen atoms in total. The van der Waals surface area contributed by atoms with Crippen LogP contribution in [-0.2, 0) is 6.42 Å². The van der Waals surface area contributed by atoms with Gasteiger partial charge in [-0.25, -0.2) is 0 Å². The van der Waals surface area contributed by atoms with Crippen LogP contribution in [0.3, 0.4) is 0 Å². The van der Waals surface area contributed by atoms with E-state index < -0.39 is 0 Å². The molecule has 0 aliphatic carbocycles. The highest BCUT2D eigenvalue weighted by Gasteiger charge is 2.03. The zero-order valence-corrected chi connectivity index (χ0v) is 8.53. The summed E-state index contributed by atoms with van der Waals surface area (Å²) in [5, 5.41) is 3.55. The normalized spacial score (nSPS) is 10.4. The van der Waals surface area contributed by atoms with Crippen LogP contribution in [-0.4, -0.2) is 18.6 Å². The number of hydrogen-bond donors (Lipinski definition) is 2. The molecule has 4 heteroatoms. The van der Waals surface area contributed by atoms with Crippen molar-refractivity contribution in [3.63, 3.8) is 0 Å². The van der Waals surface area contributed by atoms with Crippen LogP contribution in [0.4, 0.5) is 0 Å². The third-order valence-electron chi connectivity index (χ3n) is 1.97. The summed E-state index contributed by atoms with van der Waals surface area (Å²) in [4.78, 5) is 13.8. The predicted molar refractivity (Wildman–Crippen MR) is 54.4 cm³/mol. The van der Waals surface area contributed by atoms with E-state index >= 15 is 0 Å². The Morgan fingerprint density at radius 2 is 2.31 bits per heavy atom. The molecule has 0 aliphatic rings. The molecule has 0 fully saturated rings. The molecule has 0 unspecified atom stereocenters. The Morgan fingerprint density at radius 1 is 1.62 bits per heavy atom. The van der Waals surface area contributed by atoms with Crippen LogP contribution in [0.2, 0.25) is 5.02 Å². The van der Waals surface area contributed by atoms with Crippen LogP contribution in [0.25, 0.3) is 0 Å². The van der Waals surface area contributed by atoms with Gasteiger partial charge in [-0.15, -0.1) is 0 Å². The second kappa shape index (κ2) is 4.44. The van der Waals surface area contributed by atoms with E-state index in [9.17, 15) is 4.79 Å². The Kier molecular flexibility index (Phi) is 3.51. The van der Waals surface area contributed by atoms with Crippen LogP contribution < -0.4 is 10.9 Å². The topological polar surface area (TPSA) is 44.9 Å². The summed E-state index contributed by atoms with van der Waals surface area (Å²) in [6.45, 7) is 2.74. The van der Waals surface area contributed by atoms with Gasteiger partial charge in [0.2, 0.25) is 5.56 Å². The Balaban J connectivity index is 2.99. The van der Waals surface area contributed by atoms with Gasteiger partial charge in [-0.1, -0.05) is 11.6 Å². The first-order valence-corrected chi connectivity index (χ1v) is 4.56. The molecule has 0 saturated carbocycles. The summed E-state index contributed by atoms with van der Waals surface area (Å²) in [6.07, 6.45) is 0.790. The van der Waals surface area contributed by atoms with Crippen LogP contribution in [0.15, 0.2) is 10.9 Å². The molecular formula is C9H13ClN2O. The fourth-order valence-corrected chi connectivity index (χ4v) is 1.36. The third-order valence-corrected chi connectivity index (χ3v) is 2.36. The summed E-state index contributed by atoms with van der Waals surface area (Å²) in [5.74, 6) is 0. The van der Waals surface area contributed by atoms with E-state index in [1.54, 1.807) is 0 Å². The van der Waals surface area contributed by atoms with Crippen LogP contribution in [0, 0.1) is 6.92 Å². The second-order valence-electron chi connectivity index (χ2n) is 2.94. The Labute approximate surface area is 82.1 Å². The van der Waals surface area contributed by atoms with E-state index in [0.29, 0.717) is 5.02 Å². The summed E-state index contributed by atoms with van der Waals surface area (Å²) >= 11 is 5.86. The van der Waals surface area contributed by atoms with E-state index in [4.69, 9.17) is 11.6 Å². The monoisotopic (exact) mass is 200 g/mol. The van der Waals surface area contributed by atoms with Crippen LogP contribution in [0.5, 0.6) is 0 Å². The lowest BCUT2D eigenvalue weighted by atomic mass is 10.1. The van der Waals surface area contributed by atoms with Gasteiger partial charge in [-0.05, 0) is 19.5 Å². The van der Waals surface area contributed by atoms with Gasteiger partial charge in [0.15, 0.2) is 0 Å². The first-order chi connectivity index (χ1) is 6.15. The number of likely N-dealkylation sites (N-methyl/N-ethyl adjacent to an activating group) is 1. The molecule has 0 aromatic carbocycles. The number of nitrogens with one attached hydrogen (secondary N) is 2. The maximum Gasteiger partial charge on any atom is 0.249 e. The second-order valence-corrected chi connectivity index (χ2v) is 3.35. The molecule has 0 spiro atoms. The molecule has 1 rings (SSSR count). The van der Waals surface area contributed by atoms with Crippen LogP contribution >= 0.6 is 11.6 Å². The molecule has 2 N–H and O–H groups in total. The van der Waals surface area contributed by atoms with Gasteiger partial charge in [-0.2, -0.15) is 0 Å².